The first-order chi connectivity index (χ1) is 14.9. The molecule has 10 unspecified atom stereocenters. The SMILES string of the molecule is CC(=O)NC1C(C(C)C)OC(C[O-])C(O)C1OC1OC(C(=O)O)C(OC(C)C)C(O)C1O.[K+]. The van der Waals surface area contributed by atoms with Gasteiger partial charge in [0.1, 0.15) is 30.5 Å². The Bertz CT molecular complexity index is 652. The van der Waals surface area contributed by atoms with Crippen LogP contribution >= 0.6 is 0 Å². The molecule has 0 aromatic rings. The molecule has 0 radical (unpaired) electrons. The zero-order valence-electron chi connectivity index (χ0n) is 19.8. The third kappa shape index (κ3) is 7.62. The molecule has 2 heterocycles. The molecule has 2 aliphatic rings. The molecule has 0 aliphatic carbocycles. The van der Waals surface area contributed by atoms with Gasteiger partial charge in [-0.1, -0.05) is 13.8 Å². The molecule has 0 spiro atoms. The minimum Gasteiger partial charge on any atom is -0.853 e. The van der Waals surface area contributed by atoms with Crippen molar-refractivity contribution in [3.8, 4) is 0 Å². The van der Waals surface area contributed by atoms with E-state index in [4.69, 9.17) is 18.9 Å². The van der Waals surface area contributed by atoms with Gasteiger partial charge in [0.25, 0.3) is 0 Å². The third-order valence-corrected chi connectivity index (χ3v) is 5.46. The van der Waals surface area contributed by atoms with Crippen molar-refractivity contribution < 1.29 is 105 Å². The van der Waals surface area contributed by atoms with E-state index in [0.717, 1.165) is 0 Å². The first-order valence-electron chi connectivity index (χ1n) is 10.6. The quantitative estimate of drug-likeness (QED) is 0.199. The van der Waals surface area contributed by atoms with E-state index in [-0.39, 0.29) is 57.3 Å². The Morgan fingerprint density at radius 2 is 1.64 bits per heavy atom. The van der Waals surface area contributed by atoms with Crippen molar-refractivity contribution in [2.45, 2.75) is 102 Å². The summed E-state index contributed by atoms with van der Waals surface area (Å²) in [6, 6.07) is -0.939. The van der Waals surface area contributed by atoms with Crippen molar-refractivity contribution in [3.63, 3.8) is 0 Å². The molecule has 0 aromatic heterocycles. The molecule has 2 fully saturated rings. The summed E-state index contributed by atoms with van der Waals surface area (Å²) in [5.74, 6) is -2.10. The molecule has 0 saturated carbocycles. The number of aliphatic hydroxyl groups is 3. The second kappa shape index (κ2) is 13.5. The van der Waals surface area contributed by atoms with Crippen molar-refractivity contribution in [1.29, 1.82) is 0 Å². The van der Waals surface area contributed by atoms with E-state index in [1.807, 2.05) is 0 Å². The average Bonchev–Trinajstić information content (AvgIpc) is 2.68. The summed E-state index contributed by atoms with van der Waals surface area (Å²) in [6.07, 6.45) is -13.3. The van der Waals surface area contributed by atoms with Crippen LogP contribution in [0, 0.1) is 5.92 Å². The maximum absolute atomic E-state index is 11.8. The van der Waals surface area contributed by atoms with Crippen LogP contribution < -0.4 is 61.8 Å². The van der Waals surface area contributed by atoms with E-state index < -0.39 is 85.8 Å². The van der Waals surface area contributed by atoms with Gasteiger partial charge >= 0.3 is 57.4 Å². The molecule has 2 saturated heterocycles. The number of aliphatic hydroxyl groups excluding tert-OH is 3. The predicted octanol–water partition coefficient (Wildman–Crippen LogP) is -5.65. The normalized spacial score (nSPS) is 39.2. The molecule has 10 atom stereocenters. The number of carboxylic acids is 1. The van der Waals surface area contributed by atoms with Gasteiger partial charge in [-0.15, -0.1) is 6.61 Å². The van der Waals surface area contributed by atoms with E-state index in [2.05, 4.69) is 5.32 Å². The summed E-state index contributed by atoms with van der Waals surface area (Å²) in [6.45, 7) is 7.30. The fraction of sp³-hybridized carbons (Fsp3) is 0.900. The van der Waals surface area contributed by atoms with Crippen molar-refractivity contribution >= 4 is 11.9 Å². The Hall–Kier alpha value is 0.256. The van der Waals surface area contributed by atoms with Crippen molar-refractivity contribution in [2.24, 2.45) is 5.92 Å². The summed E-state index contributed by atoms with van der Waals surface area (Å²) in [7, 11) is 0. The molecule has 1 amide bonds. The number of carbonyl (C=O) groups is 2. The Labute approximate surface area is 235 Å². The van der Waals surface area contributed by atoms with Crippen LogP contribution in [0.4, 0.5) is 0 Å². The monoisotopic (exact) mass is 503 g/mol. The molecule has 2 rings (SSSR count). The van der Waals surface area contributed by atoms with E-state index >= 15 is 0 Å². The molecule has 13 heteroatoms. The summed E-state index contributed by atoms with van der Waals surface area (Å²) in [5, 5.41) is 55.6. The van der Waals surface area contributed by atoms with Crippen LogP contribution in [0.25, 0.3) is 0 Å². The van der Waals surface area contributed by atoms with Gasteiger partial charge in [-0.2, -0.15) is 0 Å². The first-order valence-corrected chi connectivity index (χ1v) is 10.6. The molecule has 2 aliphatic heterocycles. The molecule has 0 aromatic carbocycles. The first kappa shape index (κ1) is 31.3. The number of rotatable bonds is 8. The maximum atomic E-state index is 11.8. The molecule has 0 bridgehead atoms. The summed E-state index contributed by atoms with van der Waals surface area (Å²) in [5.41, 5.74) is 0. The van der Waals surface area contributed by atoms with E-state index in [9.17, 15) is 35.1 Å². The van der Waals surface area contributed by atoms with Crippen molar-refractivity contribution in [2.75, 3.05) is 6.61 Å². The Balaban J connectivity index is 0.00000544. The van der Waals surface area contributed by atoms with E-state index in [1.165, 1.54) is 6.92 Å². The number of carbonyl (C=O) groups excluding carboxylic acids is 1. The minimum atomic E-state index is -1.73. The summed E-state index contributed by atoms with van der Waals surface area (Å²) >= 11 is 0. The summed E-state index contributed by atoms with van der Waals surface area (Å²) < 4.78 is 22.3. The van der Waals surface area contributed by atoms with Gasteiger partial charge < -0.3 is 49.8 Å². The fourth-order valence-corrected chi connectivity index (χ4v) is 4.02. The van der Waals surface area contributed by atoms with Crippen LogP contribution in [0.3, 0.4) is 0 Å². The van der Waals surface area contributed by atoms with Crippen LogP contribution in [-0.2, 0) is 28.5 Å². The van der Waals surface area contributed by atoms with Gasteiger partial charge in [0.2, 0.25) is 5.91 Å². The third-order valence-electron chi connectivity index (χ3n) is 5.46. The Kier molecular flexibility index (Phi) is 12.8. The van der Waals surface area contributed by atoms with Gasteiger partial charge in [-0.3, -0.25) is 4.79 Å². The number of hydrogen-bond acceptors (Lipinski definition) is 10. The molecule has 33 heavy (non-hydrogen) atoms. The maximum Gasteiger partial charge on any atom is 1.00 e. The number of carboxylic acid groups (broad SMARTS) is 1. The van der Waals surface area contributed by atoms with Crippen molar-refractivity contribution in [1.82, 2.24) is 5.32 Å². The minimum absolute atomic E-state index is 0. The van der Waals surface area contributed by atoms with Gasteiger partial charge in [0.15, 0.2) is 12.4 Å². The Morgan fingerprint density at radius 1 is 1.03 bits per heavy atom. The van der Waals surface area contributed by atoms with Gasteiger partial charge in [-0.05, 0) is 19.8 Å². The average molecular weight is 504 g/mol. The molecular weight excluding hydrogens is 469 g/mol. The van der Waals surface area contributed by atoms with Crippen LogP contribution in [0.2, 0.25) is 0 Å². The smallest absolute Gasteiger partial charge is 0.853 e. The standard InChI is InChI=1S/C20H34NO11.K/c1-7(2)15-11(21-9(5)23)16(12(24)10(6-22)30-15)31-20-14(26)13(25)17(29-8(3)4)18(32-20)19(27)28;/h7-8,10-18,20,24-26H,6H2,1-5H3,(H,21,23)(H,27,28);/q-1;+1. The number of hydrogen-bond donors (Lipinski definition) is 5. The topological polar surface area (TPSA) is 187 Å². The van der Waals surface area contributed by atoms with Crippen LogP contribution in [-0.4, -0.2) is 106 Å². The molecule has 12 nitrogen and oxygen atoms in total. The summed E-state index contributed by atoms with van der Waals surface area (Å²) in [4.78, 5) is 23.5. The van der Waals surface area contributed by atoms with Gasteiger partial charge in [0.05, 0.1) is 24.4 Å². The second-order valence-corrected chi connectivity index (χ2v) is 8.76. The van der Waals surface area contributed by atoms with Crippen LogP contribution in [0.15, 0.2) is 0 Å². The number of ether oxygens (including phenoxy) is 4. The molecular formula is C20H34KNO11. The zero-order valence-corrected chi connectivity index (χ0v) is 22.9. The molecule has 186 valence electrons. The van der Waals surface area contributed by atoms with Crippen molar-refractivity contribution in [3.05, 3.63) is 0 Å². The molecule has 5 N–H and O–H groups in total. The number of aliphatic carboxylic acids is 1. The van der Waals surface area contributed by atoms with Crippen LogP contribution in [0.5, 0.6) is 0 Å². The van der Waals surface area contributed by atoms with Gasteiger partial charge in [-0.25, -0.2) is 4.79 Å². The van der Waals surface area contributed by atoms with E-state index in [0.29, 0.717) is 0 Å². The second-order valence-electron chi connectivity index (χ2n) is 8.76. The Morgan fingerprint density at radius 3 is 2.09 bits per heavy atom. The zero-order chi connectivity index (χ0) is 24.3. The number of amides is 1. The van der Waals surface area contributed by atoms with Crippen LogP contribution in [0.1, 0.15) is 34.6 Å². The predicted molar refractivity (Wildman–Crippen MR) is 105 cm³/mol. The van der Waals surface area contributed by atoms with E-state index in [1.54, 1.807) is 27.7 Å². The largest absolute Gasteiger partial charge is 1.00 e. The fourth-order valence-electron chi connectivity index (χ4n) is 4.02. The van der Waals surface area contributed by atoms with Gasteiger partial charge in [0, 0.05) is 6.92 Å². The number of nitrogens with one attached hydrogen (secondary N) is 1.